The average molecular weight is 352 g/mol. The summed E-state index contributed by atoms with van der Waals surface area (Å²) in [5, 5.41) is 5.42. The van der Waals surface area contributed by atoms with Crippen molar-refractivity contribution in [3.8, 4) is 5.88 Å². The number of benzene rings is 1. The zero-order valence-corrected chi connectivity index (χ0v) is 13.9. The van der Waals surface area contributed by atoms with Crippen LogP contribution >= 0.6 is 0 Å². The van der Waals surface area contributed by atoms with Crippen LogP contribution in [0.3, 0.4) is 0 Å². The predicted octanol–water partition coefficient (Wildman–Crippen LogP) is 1.30. The normalized spacial score (nSPS) is 10.3. The van der Waals surface area contributed by atoms with E-state index in [-0.39, 0.29) is 18.0 Å². The number of nitrogens with one attached hydrogen (secondary N) is 3. The van der Waals surface area contributed by atoms with Gasteiger partial charge in [-0.2, -0.15) is 0 Å². The Morgan fingerprint density at radius 2 is 2.00 bits per heavy atom. The lowest BCUT2D eigenvalue weighted by Crippen LogP contribution is -2.35. The molecule has 26 heavy (non-hydrogen) atoms. The third-order valence-electron chi connectivity index (χ3n) is 3.68. The van der Waals surface area contributed by atoms with Gasteiger partial charge < -0.3 is 20.4 Å². The molecule has 3 aromatic rings. The molecular formula is C18H16N4O4. The number of anilines is 1. The maximum Gasteiger partial charge on any atom is 0.257 e. The van der Waals surface area contributed by atoms with Gasteiger partial charge in [0.15, 0.2) is 0 Å². The number of carbonyl (C=O) groups is 2. The van der Waals surface area contributed by atoms with Crippen molar-refractivity contribution < 1.29 is 14.3 Å². The van der Waals surface area contributed by atoms with Gasteiger partial charge in [0.2, 0.25) is 17.2 Å². The number of hydrogen-bond donors (Lipinski definition) is 3. The minimum Gasteiger partial charge on any atom is -0.480 e. The van der Waals surface area contributed by atoms with Crippen molar-refractivity contribution >= 4 is 28.4 Å². The number of carbonyl (C=O) groups excluding carboxylic acids is 2. The van der Waals surface area contributed by atoms with E-state index in [1.54, 1.807) is 36.4 Å². The highest BCUT2D eigenvalue weighted by molar-refractivity contribution is 6.01. The second-order valence-corrected chi connectivity index (χ2v) is 5.37. The van der Waals surface area contributed by atoms with Crippen LogP contribution in [0, 0.1) is 0 Å². The topological polar surface area (TPSA) is 113 Å². The molecule has 0 saturated heterocycles. The highest BCUT2D eigenvalue weighted by atomic mass is 16.5. The van der Waals surface area contributed by atoms with Crippen LogP contribution in [0.5, 0.6) is 5.88 Å². The van der Waals surface area contributed by atoms with Crippen LogP contribution < -0.4 is 20.8 Å². The molecule has 0 spiro atoms. The maximum atomic E-state index is 12.4. The number of amides is 2. The Morgan fingerprint density at radius 3 is 2.81 bits per heavy atom. The molecule has 2 amide bonds. The van der Waals surface area contributed by atoms with E-state index >= 15 is 0 Å². The van der Waals surface area contributed by atoms with Crippen LogP contribution in [-0.2, 0) is 4.79 Å². The number of rotatable bonds is 5. The van der Waals surface area contributed by atoms with E-state index in [0.29, 0.717) is 16.6 Å². The first-order chi connectivity index (χ1) is 12.6. The Hall–Kier alpha value is -3.68. The number of aromatic amines is 1. The van der Waals surface area contributed by atoms with E-state index in [2.05, 4.69) is 20.6 Å². The lowest BCUT2D eigenvalue weighted by molar-refractivity contribution is -0.115. The number of ether oxygens (including phenoxy) is 1. The van der Waals surface area contributed by atoms with Crippen LogP contribution in [0.1, 0.15) is 10.4 Å². The molecule has 8 heteroatoms. The third kappa shape index (κ3) is 3.54. The van der Waals surface area contributed by atoms with Gasteiger partial charge in [0.05, 0.1) is 13.7 Å². The highest BCUT2D eigenvalue weighted by Crippen LogP contribution is 2.19. The van der Waals surface area contributed by atoms with Crippen molar-refractivity contribution in [2.75, 3.05) is 19.0 Å². The Labute approximate surface area is 148 Å². The quantitative estimate of drug-likeness (QED) is 0.640. The second-order valence-electron chi connectivity index (χ2n) is 5.37. The number of methoxy groups -OCH3 is 1. The fourth-order valence-electron chi connectivity index (χ4n) is 2.43. The summed E-state index contributed by atoms with van der Waals surface area (Å²) in [5.74, 6) is -0.842. The van der Waals surface area contributed by atoms with Crippen LogP contribution in [0.15, 0.2) is 53.6 Å². The predicted molar refractivity (Wildman–Crippen MR) is 96.3 cm³/mol. The maximum absolute atomic E-state index is 12.4. The third-order valence-corrected chi connectivity index (χ3v) is 3.68. The van der Waals surface area contributed by atoms with Crippen molar-refractivity contribution in [2.24, 2.45) is 0 Å². The first kappa shape index (κ1) is 17.2. The molecule has 132 valence electrons. The number of nitrogens with zero attached hydrogens (tertiary/aromatic N) is 1. The summed E-state index contributed by atoms with van der Waals surface area (Å²) >= 11 is 0. The van der Waals surface area contributed by atoms with E-state index < -0.39 is 17.2 Å². The van der Waals surface area contributed by atoms with Crippen molar-refractivity contribution in [1.82, 2.24) is 15.3 Å². The minimum atomic E-state index is -0.634. The Balaban J connectivity index is 1.68. The highest BCUT2D eigenvalue weighted by Gasteiger charge is 2.14. The molecule has 0 aliphatic heterocycles. The van der Waals surface area contributed by atoms with Gasteiger partial charge in [0.25, 0.3) is 5.91 Å². The fraction of sp³-hybridized carbons (Fsp3) is 0.111. The minimum absolute atomic E-state index is 0.0598. The molecule has 3 N–H and O–H groups in total. The molecule has 0 aliphatic carbocycles. The van der Waals surface area contributed by atoms with Crippen molar-refractivity contribution in [2.45, 2.75) is 0 Å². The summed E-state index contributed by atoms with van der Waals surface area (Å²) in [6, 6.07) is 10.1. The molecule has 2 aromatic heterocycles. The molecule has 0 radical (unpaired) electrons. The molecule has 0 unspecified atom stereocenters. The summed E-state index contributed by atoms with van der Waals surface area (Å²) in [5.41, 5.74) is 0.565. The zero-order valence-electron chi connectivity index (χ0n) is 13.9. The molecule has 3 rings (SSSR count). The summed E-state index contributed by atoms with van der Waals surface area (Å²) < 4.78 is 5.04. The summed E-state index contributed by atoms with van der Waals surface area (Å²) in [4.78, 5) is 43.5. The zero-order chi connectivity index (χ0) is 18.5. The molecule has 0 fully saturated rings. The fourth-order valence-corrected chi connectivity index (χ4v) is 2.43. The van der Waals surface area contributed by atoms with Gasteiger partial charge in [0, 0.05) is 23.3 Å². The monoisotopic (exact) mass is 352 g/mol. The molecular weight excluding hydrogens is 336 g/mol. The van der Waals surface area contributed by atoms with Gasteiger partial charge in [-0.3, -0.25) is 14.4 Å². The number of fused-ring (bicyclic) bond motifs is 1. The van der Waals surface area contributed by atoms with E-state index in [4.69, 9.17) is 4.74 Å². The van der Waals surface area contributed by atoms with Crippen molar-refractivity contribution in [3.05, 3.63) is 64.6 Å². The molecule has 0 aliphatic rings. The van der Waals surface area contributed by atoms with Crippen LogP contribution in [-0.4, -0.2) is 35.4 Å². The number of aromatic nitrogens is 2. The van der Waals surface area contributed by atoms with E-state index in [0.717, 1.165) is 0 Å². The van der Waals surface area contributed by atoms with E-state index in [9.17, 15) is 14.4 Å². The molecule has 0 atom stereocenters. The number of pyridine rings is 2. The van der Waals surface area contributed by atoms with Crippen LogP contribution in [0.25, 0.3) is 10.9 Å². The van der Waals surface area contributed by atoms with Gasteiger partial charge in [-0.25, -0.2) is 4.98 Å². The molecule has 8 nitrogen and oxygen atoms in total. The van der Waals surface area contributed by atoms with Crippen LogP contribution in [0.2, 0.25) is 0 Å². The first-order valence-electron chi connectivity index (χ1n) is 7.77. The summed E-state index contributed by atoms with van der Waals surface area (Å²) in [7, 11) is 1.44. The Morgan fingerprint density at radius 1 is 1.19 bits per heavy atom. The van der Waals surface area contributed by atoms with Crippen molar-refractivity contribution in [1.29, 1.82) is 0 Å². The van der Waals surface area contributed by atoms with E-state index in [1.165, 1.54) is 19.5 Å². The largest absolute Gasteiger partial charge is 0.480 e. The number of hydrogen-bond acceptors (Lipinski definition) is 5. The van der Waals surface area contributed by atoms with Crippen LogP contribution in [0.4, 0.5) is 5.69 Å². The lowest BCUT2D eigenvalue weighted by Gasteiger charge is -2.09. The standard InChI is InChI=1S/C18H16N4O4/c1-26-18-14(7-4-8-19-18)22-15(23)10-21-17(25)12-9-20-13-6-3-2-5-11(13)16(12)24/h2-9H,10H2,1H3,(H,20,24)(H,21,25)(H,22,23). The number of H-pyrrole nitrogens is 1. The SMILES string of the molecule is COc1ncccc1NC(=O)CNC(=O)c1c[nH]c2ccccc2c1=O. The first-order valence-corrected chi connectivity index (χ1v) is 7.77. The summed E-state index contributed by atoms with van der Waals surface area (Å²) in [6.45, 7) is -0.302. The van der Waals surface area contributed by atoms with Gasteiger partial charge in [-0.15, -0.1) is 0 Å². The van der Waals surface area contributed by atoms with Gasteiger partial charge in [-0.1, -0.05) is 12.1 Å². The van der Waals surface area contributed by atoms with Gasteiger partial charge in [0.1, 0.15) is 11.3 Å². The van der Waals surface area contributed by atoms with Gasteiger partial charge >= 0.3 is 0 Å². The molecule has 0 saturated carbocycles. The lowest BCUT2D eigenvalue weighted by atomic mass is 10.1. The average Bonchev–Trinajstić information content (AvgIpc) is 2.67. The smallest absolute Gasteiger partial charge is 0.257 e. The molecule has 2 heterocycles. The van der Waals surface area contributed by atoms with Crippen molar-refractivity contribution in [3.63, 3.8) is 0 Å². The Kier molecular flexibility index (Phi) is 4.93. The summed E-state index contributed by atoms with van der Waals surface area (Å²) in [6.07, 6.45) is 2.87. The number of para-hydroxylation sites is 1. The van der Waals surface area contributed by atoms with E-state index in [1.807, 2.05) is 0 Å². The molecule has 0 bridgehead atoms. The molecule has 1 aromatic carbocycles. The second kappa shape index (κ2) is 7.47. The van der Waals surface area contributed by atoms with Gasteiger partial charge in [-0.05, 0) is 24.3 Å². The Bertz CT molecular complexity index is 1030.